The Morgan fingerprint density at radius 3 is 2.56 bits per heavy atom. The van der Waals surface area contributed by atoms with E-state index in [1.54, 1.807) is 12.1 Å². The van der Waals surface area contributed by atoms with E-state index in [1.807, 2.05) is 31.2 Å². The van der Waals surface area contributed by atoms with Gasteiger partial charge in [-0.3, -0.25) is 0 Å². The fraction of sp³-hybridized carbons (Fsp3) is 0.238. The Hall–Kier alpha value is -3.17. The van der Waals surface area contributed by atoms with Gasteiger partial charge in [-0.2, -0.15) is 0 Å². The zero-order valence-electron chi connectivity index (χ0n) is 14.7. The Balaban J connectivity index is 1.75. The molecule has 0 saturated heterocycles. The fourth-order valence-corrected chi connectivity index (χ4v) is 3.57. The Morgan fingerprint density at radius 1 is 1.15 bits per heavy atom. The minimum Gasteiger partial charge on any atom is -0.507 e. The molecule has 0 amide bonds. The number of aromatic nitrogens is 2. The number of hydrogen-bond donors (Lipinski definition) is 3. The van der Waals surface area contributed by atoms with Gasteiger partial charge in [-0.25, -0.2) is 0 Å². The highest BCUT2D eigenvalue weighted by atomic mass is 19.1. The van der Waals surface area contributed by atoms with Gasteiger partial charge < -0.3 is 15.5 Å². The number of rotatable bonds is 3. The summed E-state index contributed by atoms with van der Waals surface area (Å²) in [5, 5.41) is 33.9. The highest BCUT2D eigenvalue weighted by molar-refractivity contribution is 6.01. The number of phenolic OH excluding ortho intramolecular Hbond substituents is 1. The van der Waals surface area contributed by atoms with Crippen LogP contribution in [0.1, 0.15) is 25.3 Å². The van der Waals surface area contributed by atoms with Gasteiger partial charge in [-0.1, -0.05) is 24.3 Å². The molecule has 1 fully saturated rings. The molecule has 0 bridgehead atoms. The van der Waals surface area contributed by atoms with Gasteiger partial charge in [0, 0.05) is 27.9 Å². The van der Waals surface area contributed by atoms with Crippen LogP contribution in [0.4, 0.5) is 10.2 Å². The Labute approximate surface area is 155 Å². The lowest BCUT2D eigenvalue weighted by Gasteiger charge is -2.41. The second-order valence-electron chi connectivity index (χ2n) is 7.14. The lowest BCUT2D eigenvalue weighted by Crippen LogP contribution is -2.48. The maximum Gasteiger partial charge on any atom is 0.156 e. The molecule has 4 rings (SSSR count). The average Bonchev–Trinajstić information content (AvgIpc) is 2.61. The minimum atomic E-state index is -0.628. The molecule has 0 radical (unpaired) electrons. The van der Waals surface area contributed by atoms with Crippen LogP contribution in [0.2, 0.25) is 0 Å². The predicted octanol–water partition coefficient (Wildman–Crippen LogP) is 3.61. The van der Waals surface area contributed by atoms with Crippen molar-refractivity contribution in [3.8, 4) is 29.1 Å². The summed E-state index contributed by atoms with van der Waals surface area (Å²) in [4.78, 5) is 0. The summed E-state index contributed by atoms with van der Waals surface area (Å²) in [7, 11) is 0. The summed E-state index contributed by atoms with van der Waals surface area (Å²) in [5.74, 6) is 2.88. The van der Waals surface area contributed by atoms with Gasteiger partial charge in [0.05, 0.1) is 5.60 Å². The van der Waals surface area contributed by atoms with Crippen LogP contribution in [0.15, 0.2) is 42.5 Å². The molecule has 1 aromatic heterocycles. The summed E-state index contributed by atoms with van der Waals surface area (Å²) >= 11 is 0. The van der Waals surface area contributed by atoms with Gasteiger partial charge in [0.25, 0.3) is 0 Å². The van der Waals surface area contributed by atoms with Gasteiger partial charge in [-0.05, 0) is 43.9 Å². The number of nitrogens with one attached hydrogen (secondary N) is 1. The third-order valence-electron chi connectivity index (χ3n) is 4.84. The van der Waals surface area contributed by atoms with Crippen molar-refractivity contribution in [3.63, 3.8) is 0 Å². The quantitative estimate of drug-likeness (QED) is 0.620. The van der Waals surface area contributed by atoms with E-state index in [9.17, 15) is 14.6 Å². The van der Waals surface area contributed by atoms with Gasteiger partial charge in [0.1, 0.15) is 17.6 Å². The molecular formula is C21H18FN3O2. The van der Waals surface area contributed by atoms with E-state index < -0.39 is 5.60 Å². The molecule has 136 valence electrons. The molecule has 27 heavy (non-hydrogen) atoms. The van der Waals surface area contributed by atoms with Crippen LogP contribution in [0.5, 0.6) is 5.75 Å². The minimum absolute atomic E-state index is 0.0366. The van der Waals surface area contributed by atoms with Crippen LogP contribution in [0.3, 0.4) is 0 Å². The number of fused-ring (bicyclic) bond motifs is 1. The first-order chi connectivity index (χ1) is 13.0. The molecule has 0 spiro atoms. The maximum absolute atomic E-state index is 12.2. The Morgan fingerprint density at radius 2 is 1.89 bits per heavy atom. The molecule has 3 aromatic rings. The summed E-state index contributed by atoms with van der Waals surface area (Å²) in [5.41, 5.74) is 0.790. The monoisotopic (exact) mass is 363 g/mol. The molecular weight excluding hydrogens is 345 g/mol. The van der Waals surface area contributed by atoms with Crippen LogP contribution in [-0.4, -0.2) is 32.1 Å². The molecule has 0 atom stereocenters. The van der Waals surface area contributed by atoms with E-state index in [0.29, 0.717) is 35.5 Å². The highest BCUT2D eigenvalue weighted by Gasteiger charge is 2.38. The normalized spacial score (nSPS) is 21.2. The summed E-state index contributed by atoms with van der Waals surface area (Å²) < 4.78 is 12.2. The number of aliphatic hydroxyl groups is 1. The van der Waals surface area contributed by atoms with Crippen LogP contribution >= 0.6 is 0 Å². The van der Waals surface area contributed by atoms with Gasteiger partial charge in [0.2, 0.25) is 0 Å². The van der Waals surface area contributed by atoms with Crippen molar-refractivity contribution in [1.29, 1.82) is 0 Å². The summed E-state index contributed by atoms with van der Waals surface area (Å²) in [6, 6.07) is 12.5. The standard InChI is InChI=1S/C21H18FN3O2/c1-21(27)11-14(12-21)23-20-16-5-3-2-4-15(16)19(24-25-20)17-7-6-13(8-9-22)10-18(17)26/h2-7,10,14,26-27H,11-12H2,1H3,(H,23,25). The van der Waals surface area contributed by atoms with E-state index in [-0.39, 0.29) is 11.8 Å². The molecule has 6 heteroatoms. The number of halogens is 1. The van der Waals surface area contributed by atoms with Crippen molar-refractivity contribution in [2.45, 2.75) is 31.4 Å². The van der Waals surface area contributed by atoms with E-state index in [2.05, 4.69) is 21.4 Å². The van der Waals surface area contributed by atoms with E-state index in [0.717, 1.165) is 10.8 Å². The van der Waals surface area contributed by atoms with Gasteiger partial charge in [0.15, 0.2) is 5.82 Å². The van der Waals surface area contributed by atoms with Crippen LogP contribution in [0.25, 0.3) is 22.0 Å². The number of anilines is 1. The first kappa shape index (κ1) is 17.3. The molecule has 0 unspecified atom stereocenters. The first-order valence-corrected chi connectivity index (χ1v) is 8.66. The number of nitrogens with zero attached hydrogens (tertiary/aromatic N) is 2. The van der Waals surface area contributed by atoms with Crippen molar-refractivity contribution in [1.82, 2.24) is 10.2 Å². The second kappa shape index (κ2) is 6.53. The molecule has 1 saturated carbocycles. The van der Waals surface area contributed by atoms with Crippen molar-refractivity contribution in [2.24, 2.45) is 0 Å². The summed E-state index contributed by atoms with van der Waals surface area (Å²) in [6.45, 7) is 1.82. The molecule has 1 aliphatic rings. The van der Waals surface area contributed by atoms with Gasteiger partial charge in [-0.15, -0.1) is 14.6 Å². The zero-order chi connectivity index (χ0) is 19.0. The zero-order valence-corrected chi connectivity index (χ0v) is 14.7. The molecule has 5 nitrogen and oxygen atoms in total. The first-order valence-electron chi connectivity index (χ1n) is 8.66. The van der Waals surface area contributed by atoms with E-state index in [1.165, 1.54) is 12.2 Å². The van der Waals surface area contributed by atoms with Crippen LogP contribution in [0, 0.1) is 12.1 Å². The molecule has 0 aliphatic heterocycles. The van der Waals surface area contributed by atoms with Crippen molar-refractivity contribution in [3.05, 3.63) is 48.0 Å². The number of hydrogen-bond acceptors (Lipinski definition) is 5. The average molecular weight is 363 g/mol. The van der Waals surface area contributed by atoms with E-state index in [4.69, 9.17) is 0 Å². The SMILES string of the molecule is CC1(O)CC(Nc2nnc(-c3ccc(C#CF)cc3O)c3ccccc23)C1. The molecule has 2 aromatic carbocycles. The lowest BCUT2D eigenvalue weighted by molar-refractivity contribution is -0.0235. The van der Waals surface area contributed by atoms with Crippen molar-refractivity contribution in [2.75, 3.05) is 5.32 Å². The Bertz CT molecular complexity index is 1080. The molecule has 3 N–H and O–H groups in total. The maximum atomic E-state index is 12.2. The number of phenols is 1. The van der Waals surface area contributed by atoms with Crippen molar-refractivity contribution < 1.29 is 14.6 Å². The second-order valence-corrected chi connectivity index (χ2v) is 7.14. The predicted molar refractivity (Wildman–Crippen MR) is 102 cm³/mol. The van der Waals surface area contributed by atoms with Gasteiger partial charge >= 0.3 is 0 Å². The third-order valence-corrected chi connectivity index (χ3v) is 4.84. The summed E-state index contributed by atoms with van der Waals surface area (Å²) in [6.07, 6.45) is 2.64. The third kappa shape index (κ3) is 3.29. The number of aromatic hydroxyl groups is 1. The number of benzene rings is 2. The molecule has 1 heterocycles. The highest BCUT2D eigenvalue weighted by Crippen LogP contribution is 2.37. The molecule has 1 aliphatic carbocycles. The lowest BCUT2D eigenvalue weighted by atomic mass is 9.77. The smallest absolute Gasteiger partial charge is 0.156 e. The fourth-order valence-electron chi connectivity index (χ4n) is 3.57. The topological polar surface area (TPSA) is 78.3 Å². The van der Waals surface area contributed by atoms with Crippen molar-refractivity contribution >= 4 is 16.6 Å². The largest absolute Gasteiger partial charge is 0.507 e. The Kier molecular flexibility index (Phi) is 4.17. The van der Waals surface area contributed by atoms with Crippen LogP contribution in [-0.2, 0) is 0 Å². The van der Waals surface area contributed by atoms with E-state index >= 15 is 0 Å². The van der Waals surface area contributed by atoms with Crippen LogP contribution < -0.4 is 5.32 Å².